The topological polar surface area (TPSA) is 76.6 Å². The van der Waals surface area contributed by atoms with Gasteiger partial charge < -0.3 is 19.7 Å². The number of amides is 1. The highest BCUT2D eigenvalue weighted by molar-refractivity contribution is 6.36. The third-order valence-corrected chi connectivity index (χ3v) is 5.97. The molecular weight excluding hydrogens is 470 g/mol. The standard InChI is InChI=1S/C23H29Cl2FN4O3/c1-4-17-21(15-8-7-14(24)11-16(15)25)27-18(5-2)22(28-17)29-19-12-30(23(31)32-6-3)13-20(19)33-10-9-26/h7-8,11,19-20H,4-6,9-10,12-13H2,1-3H3,(H,28,29). The first-order valence-corrected chi connectivity index (χ1v) is 11.9. The number of hydrogen-bond acceptors (Lipinski definition) is 6. The molecule has 1 aliphatic heterocycles. The molecule has 1 saturated heterocycles. The van der Waals surface area contributed by atoms with E-state index in [0.29, 0.717) is 47.5 Å². The van der Waals surface area contributed by atoms with Crippen LogP contribution < -0.4 is 5.32 Å². The van der Waals surface area contributed by atoms with Crippen molar-refractivity contribution in [2.45, 2.75) is 45.8 Å². The van der Waals surface area contributed by atoms with Crippen LogP contribution >= 0.6 is 23.2 Å². The fraction of sp³-hybridized carbons (Fsp3) is 0.522. The lowest BCUT2D eigenvalue weighted by atomic mass is 10.1. The molecule has 0 radical (unpaired) electrons. The largest absolute Gasteiger partial charge is 0.450 e. The molecule has 1 N–H and O–H groups in total. The van der Waals surface area contributed by atoms with Gasteiger partial charge in [-0.1, -0.05) is 37.0 Å². The van der Waals surface area contributed by atoms with Crippen LogP contribution in [0.3, 0.4) is 0 Å². The van der Waals surface area contributed by atoms with Crippen LogP contribution in [0.25, 0.3) is 11.3 Å². The summed E-state index contributed by atoms with van der Waals surface area (Å²) in [6.45, 7) is 6.05. The van der Waals surface area contributed by atoms with Crippen molar-refractivity contribution in [1.82, 2.24) is 14.9 Å². The van der Waals surface area contributed by atoms with E-state index in [1.165, 1.54) is 0 Å². The van der Waals surface area contributed by atoms with Gasteiger partial charge in [0, 0.05) is 17.1 Å². The second-order valence-corrected chi connectivity index (χ2v) is 8.44. The molecule has 2 atom stereocenters. The van der Waals surface area contributed by atoms with Crippen LogP contribution in [0.1, 0.15) is 32.2 Å². The van der Waals surface area contributed by atoms with E-state index in [0.717, 1.165) is 17.0 Å². The van der Waals surface area contributed by atoms with E-state index < -0.39 is 18.9 Å². The fourth-order valence-electron chi connectivity index (χ4n) is 3.83. The Morgan fingerprint density at radius 1 is 1.18 bits per heavy atom. The SMILES string of the molecule is CCOC(=O)N1CC(Nc2nc(CC)c(-c3ccc(Cl)cc3Cl)nc2CC)C(OCCF)C1. The van der Waals surface area contributed by atoms with Gasteiger partial charge in [-0.3, -0.25) is 0 Å². The molecule has 0 saturated carbocycles. The summed E-state index contributed by atoms with van der Waals surface area (Å²) < 4.78 is 23.6. The number of ether oxygens (including phenoxy) is 2. The lowest BCUT2D eigenvalue weighted by Gasteiger charge is -2.22. The molecular formula is C23H29Cl2FN4O3. The summed E-state index contributed by atoms with van der Waals surface area (Å²) in [5, 5.41) is 4.46. The Bertz CT molecular complexity index is 979. The number of aryl methyl sites for hydroxylation is 2. The molecule has 7 nitrogen and oxygen atoms in total. The van der Waals surface area contributed by atoms with Crippen molar-refractivity contribution in [2.75, 3.05) is 38.3 Å². The number of carbonyl (C=O) groups excluding carboxylic acids is 1. The number of benzene rings is 1. The number of aromatic nitrogens is 2. The molecule has 0 aliphatic carbocycles. The third-order valence-electron chi connectivity index (χ3n) is 5.42. The van der Waals surface area contributed by atoms with Gasteiger partial charge in [0.05, 0.1) is 54.0 Å². The van der Waals surface area contributed by atoms with E-state index in [-0.39, 0.29) is 19.3 Å². The van der Waals surface area contributed by atoms with Gasteiger partial charge >= 0.3 is 6.09 Å². The number of alkyl halides is 1. The normalized spacial score (nSPS) is 17.9. The molecule has 3 rings (SSSR count). The van der Waals surface area contributed by atoms with E-state index >= 15 is 0 Å². The third kappa shape index (κ3) is 6.05. The van der Waals surface area contributed by atoms with E-state index in [9.17, 15) is 9.18 Å². The van der Waals surface area contributed by atoms with E-state index in [4.69, 9.17) is 42.6 Å². The van der Waals surface area contributed by atoms with Crippen molar-refractivity contribution < 1.29 is 18.7 Å². The number of likely N-dealkylation sites (tertiary alicyclic amines) is 1. The van der Waals surface area contributed by atoms with Crippen LogP contribution in [0.15, 0.2) is 18.2 Å². The minimum absolute atomic E-state index is 0.0416. The molecule has 0 spiro atoms. The van der Waals surface area contributed by atoms with Gasteiger partial charge in [-0.25, -0.2) is 19.2 Å². The Morgan fingerprint density at radius 3 is 2.58 bits per heavy atom. The van der Waals surface area contributed by atoms with Crippen LogP contribution in [-0.2, 0) is 22.3 Å². The van der Waals surface area contributed by atoms with Gasteiger partial charge in [0.15, 0.2) is 0 Å². The van der Waals surface area contributed by atoms with Crippen LogP contribution in [0.5, 0.6) is 0 Å². The van der Waals surface area contributed by atoms with Crippen molar-refractivity contribution in [1.29, 1.82) is 0 Å². The molecule has 2 unspecified atom stereocenters. The molecule has 10 heteroatoms. The van der Waals surface area contributed by atoms with Crippen LogP contribution in [0.4, 0.5) is 15.0 Å². The average Bonchev–Trinajstić information content (AvgIpc) is 3.20. The Balaban J connectivity index is 1.92. The Hall–Kier alpha value is -2.16. The number of nitrogens with zero attached hydrogens (tertiary/aromatic N) is 3. The molecule has 0 bridgehead atoms. The summed E-state index contributed by atoms with van der Waals surface area (Å²) in [5.74, 6) is 0.618. The number of hydrogen-bond donors (Lipinski definition) is 1. The molecule has 1 aliphatic rings. The maximum Gasteiger partial charge on any atom is 0.409 e. The highest BCUT2D eigenvalue weighted by atomic mass is 35.5. The second kappa shape index (κ2) is 11.8. The first-order valence-electron chi connectivity index (χ1n) is 11.1. The smallest absolute Gasteiger partial charge is 0.409 e. The molecule has 180 valence electrons. The molecule has 2 aromatic rings. The van der Waals surface area contributed by atoms with Crippen molar-refractivity contribution in [3.8, 4) is 11.3 Å². The summed E-state index contributed by atoms with van der Waals surface area (Å²) in [5.41, 5.74) is 3.02. The number of halogens is 3. The van der Waals surface area contributed by atoms with Crippen molar-refractivity contribution in [3.63, 3.8) is 0 Å². The number of nitrogens with one attached hydrogen (secondary N) is 1. The summed E-state index contributed by atoms with van der Waals surface area (Å²) >= 11 is 12.5. The quantitative estimate of drug-likeness (QED) is 0.512. The van der Waals surface area contributed by atoms with Gasteiger partial charge in [-0.2, -0.15) is 0 Å². The predicted octanol–water partition coefficient (Wildman–Crippen LogP) is 5.18. The van der Waals surface area contributed by atoms with Gasteiger partial charge in [0.25, 0.3) is 0 Å². The summed E-state index contributed by atoms with van der Waals surface area (Å²) in [6.07, 6.45) is 0.454. The number of rotatable bonds is 9. The maximum absolute atomic E-state index is 12.8. The van der Waals surface area contributed by atoms with E-state index in [1.807, 2.05) is 19.9 Å². The first kappa shape index (κ1) is 25.5. The van der Waals surface area contributed by atoms with E-state index in [2.05, 4.69) is 5.32 Å². The monoisotopic (exact) mass is 498 g/mol. The van der Waals surface area contributed by atoms with Gasteiger partial charge in [-0.15, -0.1) is 0 Å². The lowest BCUT2D eigenvalue weighted by molar-refractivity contribution is 0.0433. The second-order valence-electron chi connectivity index (χ2n) is 7.60. The van der Waals surface area contributed by atoms with Crippen molar-refractivity contribution in [3.05, 3.63) is 39.6 Å². The Labute approximate surface area is 203 Å². The summed E-state index contributed by atoms with van der Waals surface area (Å²) in [7, 11) is 0. The van der Waals surface area contributed by atoms with Gasteiger partial charge in [-0.05, 0) is 38.0 Å². The van der Waals surface area contributed by atoms with E-state index in [1.54, 1.807) is 24.0 Å². The highest BCUT2D eigenvalue weighted by Gasteiger charge is 2.37. The predicted molar refractivity (Wildman–Crippen MR) is 128 cm³/mol. The van der Waals surface area contributed by atoms with Crippen LogP contribution in [0.2, 0.25) is 10.0 Å². The molecule has 1 fully saturated rings. The molecule has 1 amide bonds. The maximum atomic E-state index is 12.8. The molecule has 2 heterocycles. The summed E-state index contributed by atoms with van der Waals surface area (Å²) in [4.78, 5) is 23.5. The van der Waals surface area contributed by atoms with Gasteiger partial charge in [0.2, 0.25) is 0 Å². The number of carbonyl (C=O) groups is 1. The molecule has 33 heavy (non-hydrogen) atoms. The first-order chi connectivity index (χ1) is 15.9. The Morgan fingerprint density at radius 2 is 1.94 bits per heavy atom. The van der Waals surface area contributed by atoms with Crippen molar-refractivity contribution in [2.24, 2.45) is 0 Å². The lowest BCUT2D eigenvalue weighted by Crippen LogP contribution is -2.36. The van der Waals surface area contributed by atoms with Crippen LogP contribution in [-0.4, -0.2) is 66.1 Å². The van der Waals surface area contributed by atoms with Crippen LogP contribution in [0, 0.1) is 0 Å². The number of anilines is 1. The minimum Gasteiger partial charge on any atom is -0.450 e. The summed E-state index contributed by atoms with van der Waals surface area (Å²) in [6, 6.07) is 5.02. The zero-order valence-corrected chi connectivity index (χ0v) is 20.5. The average molecular weight is 499 g/mol. The minimum atomic E-state index is -0.598. The zero-order chi connectivity index (χ0) is 24.0. The fourth-order valence-corrected chi connectivity index (χ4v) is 4.33. The molecule has 1 aromatic heterocycles. The van der Waals surface area contributed by atoms with Crippen molar-refractivity contribution >= 4 is 35.1 Å². The van der Waals surface area contributed by atoms with Gasteiger partial charge in [0.1, 0.15) is 12.5 Å². The molecule has 1 aromatic carbocycles. The highest BCUT2D eigenvalue weighted by Crippen LogP contribution is 2.33. The Kier molecular flexibility index (Phi) is 9.11. The zero-order valence-electron chi connectivity index (χ0n) is 19.0.